The second-order valence-electron chi connectivity index (χ2n) is 6.65. The summed E-state index contributed by atoms with van der Waals surface area (Å²) in [5, 5.41) is 0.0715. The number of carbonyl (C=O) groups is 2. The number of rotatable bonds is 5. The zero-order valence-corrected chi connectivity index (χ0v) is 15.9. The minimum atomic E-state index is -0.505. The first-order chi connectivity index (χ1) is 13.2. The number of carbonyl (C=O) groups excluding carboxylic acids is 2. The number of amides is 1. The Morgan fingerprint density at radius 3 is 2.22 bits per heavy atom. The van der Waals surface area contributed by atoms with E-state index >= 15 is 0 Å². The highest BCUT2D eigenvalue weighted by Gasteiger charge is 2.45. The summed E-state index contributed by atoms with van der Waals surface area (Å²) in [4.78, 5) is 26.9. The van der Waals surface area contributed by atoms with Gasteiger partial charge in [-0.3, -0.25) is 9.69 Å². The number of thioether (sulfide) groups is 1. The molecule has 0 radical (unpaired) electrons. The minimum Gasteiger partial charge on any atom is -0.448 e. The summed E-state index contributed by atoms with van der Waals surface area (Å²) in [5.74, 6) is 0.362. The fourth-order valence-corrected chi connectivity index (χ4v) is 4.85. The molecule has 5 heteroatoms. The number of ether oxygens (including phenoxy) is 1. The van der Waals surface area contributed by atoms with Gasteiger partial charge in [0, 0.05) is 5.75 Å². The molecule has 1 unspecified atom stereocenters. The van der Waals surface area contributed by atoms with Crippen LogP contribution >= 0.6 is 11.8 Å². The van der Waals surface area contributed by atoms with Crippen molar-refractivity contribution in [2.75, 3.05) is 5.75 Å². The Bertz CT molecular complexity index is 839. The third-order valence-electron chi connectivity index (χ3n) is 4.98. The quantitative estimate of drug-likeness (QED) is 0.574. The van der Waals surface area contributed by atoms with Crippen LogP contribution in [0.1, 0.15) is 37.0 Å². The number of esters is 1. The number of fused-ring (bicyclic) bond motifs is 1. The van der Waals surface area contributed by atoms with Gasteiger partial charge in [-0.1, -0.05) is 67.6 Å². The van der Waals surface area contributed by atoms with Gasteiger partial charge in [0.2, 0.25) is 5.91 Å². The lowest BCUT2D eigenvalue weighted by Crippen LogP contribution is -2.54. The van der Waals surface area contributed by atoms with Crippen molar-refractivity contribution >= 4 is 23.6 Å². The van der Waals surface area contributed by atoms with Crippen LogP contribution in [0.3, 0.4) is 0 Å². The lowest BCUT2D eigenvalue weighted by molar-refractivity contribution is -0.151. The summed E-state index contributed by atoms with van der Waals surface area (Å²) in [5.41, 5.74) is 3.25. The van der Waals surface area contributed by atoms with Crippen molar-refractivity contribution in [1.82, 2.24) is 4.90 Å². The van der Waals surface area contributed by atoms with Crippen molar-refractivity contribution in [2.24, 2.45) is 0 Å². The van der Waals surface area contributed by atoms with Gasteiger partial charge >= 0.3 is 5.97 Å². The molecule has 0 saturated carbocycles. The molecule has 1 atom stereocenters. The van der Waals surface area contributed by atoms with Gasteiger partial charge in [-0.25, -0.2) is 4.79 Å². The smallest absolute Gasteiger partial charge is 0.356 e. The normalized spacial score (nSPS) is 19.0. The molecule has 2 aliphatic rings. The lowest BCUT2D eigenvalue weighted by atomic mass is 10.0. The van der Waals surface area contributed by atoms with Crippen LogP contribution in [-0.2, 0) is 14.3 Å². The van der Waals surface area contributed by atoms with Crippen molar-refractivity contribution in [2.45, 2.75) is 31.2 Å². The topological polar surface area (TPSA) is 46.6 Å². The number of hydrogen-bond acceptors (Lipinski definition) is 4. The van der Waals surface area contributed by atoms with E-state index in [0.717, 1.165) is 28.9 Å². The van der Waals surface area contributed by atoms with Crippen molar-refractivity contribution in [1.29, 1.82) is 0 Å². The van der Waals surface area contributed by atoms with E-state index in [1.54, 1.807) is 16.7 Å². The van der Waals surface area contributed by atoms with Gasteiger partial charge in [0.05, 0.1) is 11.8 Å². The molecular weight excluding hydrogens is 358 g/mol. The maximum Gasteiger partial charge on any atom is 0.356 e. The molecule has 1 amide bonds. The molecule has 2 aromatic rings. The molecule has 0 spiro atoms. The van der Waals surface area contributed by atoms with Gasteiger partial charge in [-0.15, -0.1) is 11.8 Å². The fourth-order valence-electron chi connectivity index (χ4n) is 3.48. The summed E-state index contributed by atoms with van der Waals surface area (Å²) < 4.78 is 6.00. The molecular formula is C22H21NO3S. The Kier molecular flexibility index (Phi) is 5.03. The number of hydrogen-bond donors (Lipinski definition) is 0. The molecule has 27 heavy (non-hydrogen) atoms. The van der Waals surface area contributed by atoms with Crippen LogP contribution < -0.4 is 0 Å². The van der Waals surface area contributed by atoms with E-state index in [-0.39, 0.29) is 11.3 Å². The summed E-state index contributed by atoms with van der Waals surface area (Å²) in [6.45, 7) is 2.01. The van der Waals surface area contributed by atoms with E-state index in [9.17, 15) is 9.59 Å². The minimum absolute atomic E-state index is 0.000993. The van der Waals surface area contributed by atoms with Crippen LogP contribution in [0.5, 0.6) is 0 Å². The Balaban J connectivity index is 1.67. The van der Waals surface area contributed by atoms with E-state index in [1.165, 1.54) is 0 Å². The number of nitrogens with zero attached hydrogens (tertiary/aromatic N) is 1. The molecule has 1 saturated heterocycles. The largest absolute Gasteiger partial charge is 0.448 e. The first kappa shape index (κ1) is 17.9. The maximum atomic E-state index is 13.2. The van der Waals surface area contributed by atoms with Crippen LogP contribution in [0.4, 0.5) is 0 Å². The van der Waals surface area contributed by atoms with Crippen LogP contribution in [0, 0.1) is 0 Å². The first-order valence-corrected chi connectivity index (χ1v) is 10.2. The van der Waals surface area contributed by atoms with Gasteiger partial charge in [-0.2, -0.15) is 0 Å². The molecule has 2 heterocycles. The molecule has 138 valence electrons. The molecule has 0 N–H and O–H groups in total. The fraction of sp³-hybridized carbons (Fsp3) is 0.273. The predicted molar refractivity (Wildman–Crippen MR) is 106 cm³/mol. The molecule has 1 fully saturated rings. The van der Waals surface area contributed by atoms with E-state index in [2.05, 4.69) is 0 Å². The Morgan fingerprint density at radius 1 is 1.11 bits per heavy atom. The van der Waals surface area contributed by atoms with E-state index in [1.807, 2.05) is 67.6 Å². The summed E-state index contributed by atoms with van der Waals surface area (Å²) in [6.07, 6.45) is 0.726. The molecule has 2 aromatic carbocycles. The van der Waals surface area contributed by atoms with Gasteiger partial charge < -0.3 is 4.74 Å². The Labute approximate surface area is 163 Å². The van der Waals surface area contributed by atoms with Gasteiger partial charge in [0.15, 0.2) is 6.10 Å². The van der Waals surface area contributed by atoms with E-state index in [4.69, 9.17) is 4.74 Å². The van der Waals surface area contributed by atoms with Crippen LogP contribution in [0.2, 0.25) is 0 Å². The molecule has 4 rings (SSSR count). The third kappa shape index (κ3) is 3.39. The third-order valence-corrected chi connectivity index (χ3v) is 6.26. The van der Waals surface area contributed by atoms with Crippen LogP contribution in [0.15, 0.2) is 71.9 Å². The van der Waals surface area contributed by atoms with Gasteiger partial charge in [0.25, 0.3) is 0 Å². The van der Waals surface area contributed by atoms with Crippen molar-refractivity contribution in [3.05, 3.63) is 83.1 Å². The highest BCUT2D eigenvalue weighted by Crippen LogP contribution is 2.41. The average Bonchev–Trinajstić information content (AvgIpc) is 2.71. The Morgan fingerprint density at radius 2 is 1.70 bits per heavy atom. The standard InChI is InChI=1S/C22H21NO3S/c1-2-15-14-27-19-13-18(24)23(19)20(15)22(25)26-21(16-9-5-3-6-10-16)17-11-7-4-8-12-17/h3-12,19,21H,2,13-14H2,1H3. The van der Waals surface area contributed by atoms with Crippen molar-refractivity contribution < 1.29 is 14.3 Å². The van der Waals surface area contributed by atoms with Crippen LogP contribution in [0.25, 0.3) is 0 Å². The zero-order chi connectivity index (χ0) is 18.8. The monoisotopic (exact) mass is 379 g/mol. The van der Waals surface area contributed by atoms with Crippen molar-refractivity contribution in [3.8, 4) is 0 Å². The highest BCUT2D eigenvalue weighted by molar-refractivity contribution is 8.00. The maximum absolute atomic E-state index is 13.2. The van der Waals surface area contributed by atoms with Gasteiger partial charge in [-0.05, 0) is 23.1 Å². The van der Waals surface area contributed by atoms with Gasteiger partial charge in [0.1, 0.15) is 5.70 Å². The molecule has 4 nitrogen and oxygen atoms in total. The second-order valence-corrected chi connectivity index (χ2v) is 7.81. The molecule has 2 aliphatic heterocycles. The first-order valence-electron chi connectivity index (χ1n) is 9.15. The van der Waals surface area contributed by atoms with E-state index in [0.29, 0.717) is 12.1 Å². The van der Waals surface area contributed by atoms with Crippen molar-refractivity contribution in [3.63, 3.8) is 0 Å². The second kappa shape index (κ2) is 7.61. The highest BCUT2D eigenvalue weighted by atomic mass is 32.2. The molecule has 0 bridgehead atoms. The van der Waals surface area contributed by atoms with E-state index < -0.39 is 12.1 Å². The summed E-state index contributed by atoms with van der Waals surface area (Å²) >= 11 is 1.72. The summed E-state index contributed by atoms with van der Waals surface area (Å²) in [7, 11) is 0. The number of β-lactam (4-membered cyclic amide) rings is 1. The van der Waals surface area contributed by atoms with Crippen LogP contribution in [-0.4, -0.2) is 27.9 Å². The lowest BCUT2D eigenvalue weighted by Gasteiger charge is -2.44. The number of benzene rings is 2. The molecule has 0 aromatic heterocycles. The molecule has 0 aliphatic carbocycles. The SMILES string of the molecule is CCC1=C(C(=O)OC(c2ccccc2)c2ccccc2)N2C(=O)CC2SC1. The zero-order valence-electron chi connectivity index (χ0n) is 15.1. The summed E-state index contributed by atoms with van der Waals surface area (Å²) in [6, 6.07) is 19.4. The predicted octanol–water partition coefficient (Wildman–Crippen LogP) is 4.29. The average molecular weight is 379 g/mol. The Hall–Kier alpha value is -2.53.